The lowest BCUT2D eigenvalue weighted by Gasteiger charge is -2.17. The summed E-state index contributed by atoms with van der Waals surface area (Å²) in [7, 11) is 1.34. The van der Waals surface area contributed by atoms with Gasteiger partial charge in [-0.15, -0.1) is 0 Å². The van der Waals surface area contributed by atoms with Crippen molar-refractivity contribution in [2.75, 3.05) is 13.7 Å². The molecule has 1 aromatic heterocycles. The first-order valence-electron chi connectivity index (χ1n) is 5.09. The van der Waals surface area contributed by atoms with Gasteiger partial charge in [0.15, 0.2) is 6.30 Å². The van der Waals surface area contributed by atoms with Crippen molar-refractivity contribution < 1.29 is 14.2 Å². The lowest BCUT2D eigenvalue weighted by atomic mass is 10.2. The quantitative estimate of drug-likeness (QED) is 0.747. The van der Waals surface area contributed by atoms with E-state index >= 15 is 0 Å². The number of hydrogen-bond acceptors (Lipinski definition) is 4. The first kappa shape index (κ1) is 13.6. The van der Waals surface area contributed by atoms with Crippen LogP contribution >= 0.6 is 0 Å². The van der Waals surface area contributed by atoms with E-state index in [0.717, 1.165) is 10.8 Å². The number of nitrogens with one attached hydrogen (secondary N) is 1. The standard InChI is InChI=1S/C10H15FN2O4/c1-6-4-13(10(16)12-9(6)15)8(11)3-7(5-14)17-2/h4,7-8,14H,3,5H2,1-2H3,(H,12,15,16). The van der Waals surface area contributed by atoms with Gasteiger partial charge in [0.05, 0.1) is 12.7 Å². The number of H-pyrrole nitrogens is 1. The minimum Gasteiger partial charge on any atom is -0.394 e. The van der Waals surface area contributed by atoms with E-state index in [9.17, 15) is 14.0 Å². The summed E-state index contributed by atoms with van der Waals surface area (Å²) in [5.41, 5.74) is -1.12. The maximum Gasteiger partial charge on any atom is 0.330 e. The van der Waals surface area contributed by atoms with Gasteiger partial charge in [-0.05, 0) is 6.92 Å². The predicted molar refractivity (Wildman–Crippen MR) is 58.7 cm³/mol. The third kappa shape index (κ3) is 3.24. The third-order valence-corrected chi connectivity index (χ3v) is 2.44. The van der Waals surface area contributed by atoms with E-state index in [1.54, 1.807) is 0 Å². The monoisotopic (exact) mass is 246 g/mol. The van der Waals surface area contributed by atoms with Gasteiger partial charge >= 0.3 is 5.69 Å². The number of rotatable bonds is 5. The Kier molecular flexibility index (Phi) is 4.59. The van der Waals surface area contributed by atoms with Crippen LogP contribution in [0, 0.1) is 6.92 Å². The molecule has 0 amide bonds. The number of aromatic amines is 1. The molecular formula is C10H15FN2O4. The molecule has 0 saturated carbocycles. The number of nitrogens with zero attached hydrogens (tertiary/aromatic N) is 1. The molecule has 0 aliphatic carbocycles. The second-order valence-corrected chi connectivity index (χ2v) is 3.69. The molecule has 1 aromatic rings. The van der Waals surface area contributed by atoms with Crippen molar-refractivity contribution >= 4 is 0 Å². The molecule has 0 bridgehead atoms. The summed E-state index contributed by atoms with van der Waals surface area (Å²) in [5.74, 6) is 0. The van der Waals surface area contributed by atoms with Crippen molar-refractivity contribution in [2.45, 2.75) is 25.7 Å². The van der Waals surface area contributed by atoms with Gasteiger partial charge in [0.25, 0.3) is 5.56 Å². The van der Waals surface area contributed by atoms with Gasteiger partial charge in [0.1, 0.15) is 0 Å². The van der Waals surface area contributed by atoms with Crippen molar-refractivity contribution in [3.63, 3.8) is 0 Å². The number of aliphatic hydroxyl groups excluding tert-OH is 1. The highest BCUT2D eigenvalue weighted by molar-refractivity contribution is 5.01. The van der Waals surface area contributed by atoms with Crippen molar-refractivity contribution in [2.24, 2.45) is 0 Å². The summed E-state index contributed by atoms with van der Waals surface area (Å²) >= 11 is 0. The van der Waals surface area contributed by atoms with E-state index < -0.39 is 23.6 Å². The maximum atomic E-state index is 13.8. The van der Waals surface area contributed by atoms with E-state index in [1.165, 1.54) is 14.0 Å². The summed E-state index contributed by atoms with van der Waals surface area (Å²) in [6.07, 6.45) is -1.37. The van der Waals surface area contributed by atoms with E-state index in [0.29, 0.717) is 0 Å². The zero-order valence-electron chi connectivity index (χ0n) is 9.64. The summed E-state index contributed by atoms with van der Waals surface area (Å²) in [6.45, 7) is 1.13. The Hall–Kier alpha value is -1.47. The van der Waals surface area contributed by atoms with Gasteiger partial charge < -0.3 is 9.84 Å². The molecule has 2 atom stereocenters. The number of ether oxygens (including phenoxy) is 1. The predicted octanol–water partition coefficient (Wildman–Crippen LogP) is -0.289. The van der Waals surface area contributed by atoms with Gasteiger partial charge in [-0.2, -0.15) is 0 Å². The van der Waals surface area contributed by atoms with Crippen LogP contribution in [-0.4, -0.2) is 34.5 Å². The largest absolute Gasteiger partial charge is 0.394 e. The molecule has 0 spiro atoms. The number of aryl methyl sites for hydroxylation is 1. The summed E-state index contributed by atoms with van der Waals surface area (Å²) in [5, 5.41) is 8.85. The zero-order chi connectivity index (χ0) is 13.0. The topological polar surface area (TPSA) is 84.3 Å². The van der Waals surface area contributed by atoms with Crippen LogP contribution in [0.2, 0.25) is 0 Å². The molecule has 6 nitrogen and oxygen atoms in total. The van der Waals surface area contributed by atoms with Crippen LogP contribution in [0.5, 0.6) is 0 Å². The molecule has 7 heteroatoms. The zero-order valence-corrected chi connectivity index (χ0v) is 9.64. The Morgan fingerprint density at radius 3 is 2.76 bits per heavy atom. The van der Waals surface area contributed by atoms with Gasteiger partial charge in [-0.1, -0.05) is 0 Å². The van der Waals surface area contributed by atoms with Crippen molar-refractivity contribution in [1.29, 1.82) is 0 Å². The molecule has 0 radical (unpaired) electrons. The molecule has 2 N–H and O–H groups in total. The second kappa shape index (κ2) is 5.74. The number of alkyl halides is 1. The smallest absolute Gasteiger partial charge is 0.330 e. The fourth-order valence-corrected chi connectivity index (χ4v) is 1.37. The number of methoxy groups -OCH3 is 1. The van der Waals surface area contributed by atoms with E-state index in [2.05, 4.69) is 0 Å². The lowest BCUT2D eigenvalue weighted by molar-refractivity contribution is 0.0135. The van der Waals surface area contributed by atoms with Crippen molar-refractivity contribution in [1.82, 2.24) is 9.55 Å². The first-order valence-corrected chi connectivity index (χ1v) is 5.09. The van der Waals surface area contributed by atoms with Crippen LogP contribution in [0.15, 0.2) is 15.8 Å². The van der Waals surface area contributed by atoms with Crippen LogP contribution in [0.25, 0.3) is 0 Å². The lowest BCUT2D eigenvalue weighted by Crippen LogP contribution is -2.33. The molecule has 0 saturated heterocycles. The molecule has 0 aromatic carbocycles. The Balaban J connectivity index is 2.96. The molecule has 0 aliphatic heterocycles. The highest BCUT2D eigenvalue weighted by Gasteiger charge is 2.18. The summed E-state index contributed by atoms with van der Waals surface area (Å²) in [6, 6.07) is 0. The fourth-order valence-electron chi connectivity index (χ4n) is 1.37. The van der Waals surface area contributed by atoms with Gasteiger partial charge in [0, 0.05) is 25.3 Å². The second-order valence-electron chi connectivity index (χ2n) is 3.69. The molecule has 0 fully saturated rings. The van der Waals surface area contributed by atoms with Gasteiger partial charge in [0.2, 0.25) is 0 Å². The Morgan fingerprint density at radius 1 is 1.59 bits per heavy atom. The first-order chi connectivity index (χ1) is 7.99. The van der Waals surface area contributed by atoms with Crippen molar-refractivity contribution in [3.8, 4) is 0 Å². The van der Waals surface area contributed by atoms with Crippen LogP contribution in [0.4, 0.5) is 4.39 Å². The summed E-state index contributed by atoms with van der Waals surface area (Å²) < 4.78 is 19.4. The Morgan fingerprint density at radius 2 is 2.24 bits per heavy atom. The normalized spacial score (nSPS) is 14.6. The number of hydrogen-bond donors (Lipinski definition) is 2. The average Bonchev–Trinajstić information content (AvgIpc) is 2.30. The van der Waals surface area contributed by atoms with E-state index in [4.69, 9.17) is 9.84 Å². The molecule has 2 unspecified atom stereocenters. The highest BCUT2D eigenvalue weighted by Crippen LogP contribution is 2.14. The molecule has 17 heavy (non-hydrogen) atoms. The molecular weight excluding hydrogens is 231 g/mol. The molecule has 0 aliphatic rings. The number of halogens is 1. The van der Waals surface area contributed by atoms with Crippen LogP contribution in [0.1, 0.15) is 18.3 Å². The Labute approximate surface area is 96.7 Å². The summed E-state index contributed by atoms with van der Waals surface area (Å²) in [4.78, 5) is 24.5. The minimum atomic E-state index is -1.66. The molecule has 1 rings (SSSR count). The van der Waals surface area contributed by atoms with Crippen molar-refractivity contribution in [3.05, 3.63) is 32.6 Å². The van der Waals surface area contributed by atoms with E-state index in [-0.39, 0.29) is 18.6 Å². The highest BCUT2D eigenvalue weighted by atomic mass is 19.1. The maximum absolute atomic E-state index is 13.8. The van der Waals surface area contributed by atoms with Gasteiger partial charge in [-0.3, -0.25) is 14.3 Å². The van der Waals surface area contributed by atoms with Gasteiger partial charge in [-0.25, -0.2) is 9.18 Å². The molecule has 96 valence electrons. The minimum absolute atomic E-state index is 0.168. The van der Waals surface area contributed by atoms with E-state index in [1.807, 2.05) is 4.98 Å². The fraction of sp³-hybridized carbons (Fsp3) is 0.600. The average molecular weight is 246 g/mol. The van der Waals surface area contributed by atoms with Crippen LogP contribution in [0.3, 0.4) is 0 Å². The number of aliphatic hydroxyl groups is 1. The van der Waals surface area contributed by atoms with Crippen LogP contribution in [-0.2, 0) is 4.74 Å². The SMILES string of the molecule is COC(CO)CC(F)n1cc(C)c(=O)[nH]c1=O. The third-order valence-electron chi connectivity index (χ3n) is 2.44. The molecule has 1 heterocycles. The van der Waals surface area contributed by atoms with Crippen LogP contribution < -0.4 is 11.2 Å². The number of aromatic nitrogens is 2. The Bertz CT molecular complexity index is 478.